The molecule has 2 aliphatic rings. The number of anilines is 1. The Hall–Kier alpha value is -3.02. The van der Waals surface area contributed by atoms with Gasteiger partial charge in [0.15, 0.2) is 0 Å². The van der Waals surface area contributed by atoms with E-state index in [9.17, 15) is 0 Å². The fraction of sp³-hybridized carbons (Fsp3) is 0.455. The third-order valence-electron chi connectivity index (χ3n) is 5.31. The van der Waals surface area contributed by atoms with E-state index in [1.807, 2.05) is 13.0 Å². The molecule has 0 aromatic carbocycles. The van der Waals surface area contributed by atoms with E-state index in [4.69, 9.17) is 21.9 Å². The van der Waals surface area contributed by atoms with Gasteiger partial charge in [0.2, 0.25) is 0 Å². The van der Waals surface area contributed by atoms with Crippen LogP contribution < -0.4 is 17.2 Å². The maximum atomic E-state index is 6.19. The van der Waals surface area contributed by atoms with Gasteiger partial charge in [0.25, 0.3) is 0 Å². The molecule has 8 heteroatoms. The lowest BCUT2D eigenvalue weighted by Gasteiger charge is -2.41. The van der Waals surface area contributed by atoms with E-state index in [2.05, 4.69) is 38.2 Å². The van der Waals surface area contributed by atoms with Gasteiger partial charge in [-0.1, -0.05) is 18.4 Å². The van der Waals surface area contributed by atoms with Crippen LogP contribution in [0, 0.1) is 11.8 Å². The Balaban J connectivity index is 1.78. The van der Waals surface area contributed by atoms with Crippen molar-refractivity contribution < 1.29 is 4.74 Å². The van der Waals surface area contributed by atoms with Crippen LogP contribution in [-0.4, -0.2) is 66.1 Å². The topological polar surface area (TPSA) is 119 Å². The number of amidine groups is 1. The van der Waals surface area contributed by atoms with E-state index in [1.165, 1.54) is 0 Å². The smallest absolute Gasteiger partial charge is 0.148 e. The molecule has 160 valence electrons. The van der Waals surface area contributed by atoms with Crippen LogP contribution in [0.25, 0.3) is 0 Å². The maximum absolute atomic E-state index is 6.19. The van der Waals surface area contributed by atoms with Crippen molar-refractivity contribution in [3.63, 3.8) is 0 Å². The Morgan fingerprint density at radius 2 is 1.90 bits per heavy atom. The number of nitrogen functional groups attached to an aromatic ring is 1. The molecule has 0 radical (unpaired) electrons. The van der Waals surface area contributed by atoms with Crippen molar-refractivity contribution in [3.8, 4) is 11.8 Å². The number of nitrogens with zero attached hydrogens (tertiary/aromatic N) is 4. The molecular weight excluding hydrogens is 378 g/mol. The van der Waals surface area contributed by atoms with Crippen molar-refractivity contribution in [2.24, 2.45) is 16.5 Å². The van der Waals surface area contributed by atoms with Crippen molar-refractivity contribution in [2.75, 3.05) is 45.1 Å². The van der Waals surface area contributed by atoms with Gasteiger partial charge >= 0.3 is 0 Å². The third kappa shape index (κ3) is 5.75. The minimum absolute atomic E-state index is 0.228. The first-order valence-electron chi connectivity index (χ1n) is 10.2. The summed E-state index contributed by atoms with van der Waals surface area (Å²) < 4.78 is 5.49. The summed E-state index contributed by atoms with van der Waals surface area (Å²) in [4.78, 5) is 13.3. The second-order valence-electron chi connectivity index (χ2n) is 7.57. The number of hydrogen-bond donors (Lipinski definition) is 3. The number of nitrogens with two attached hydrogens (primary N) is 3. The van der Waals surface area contributed by atoms with Gasteiger partial charge in [0.1, 0.15) is 17.5 Å². The van der Waals surface area contributed by atoms with Gasteiger partial charge in [-0.3, -0.25) is 4.90 Å². The minimum atomic E-state index is 0.228. The Kier molecular flexibility index (Phi) is 7.33. The number of rotatable bonds is 3. The molecule has 2 fully saturated rings. The molecule has 30 heavy (non-hydrogen) atoms. The van der Waals surface area contributed by atoms with Crippen molar-refractivity contribution >= 4 is 11.7 Å². The van der Waals surface area contributed by atoms with Crippen LogP contribution in [0.1, 0.15) is 25.3 Å². The summed E-state index contributed by atoms with van der Waals surface area (Å²) in [5.74, 6) is 7.61. The Morgan fingerprint density at radius 1 is 1.20 bits per heavy atom. The van der Waals surface area contributed by atoms with Crippen molar-refractivity contribution in [2.45, 2.75) is 25.8 Å². The molecule has 8 nitrogen and oxygen atoms in total. The summed E-state index contributed by atoms with van der Waals surface area (Å²) in [5.41, 5.74) is 19.7. The number of piperazine rings is 1. The Morgan fingerprint density at radius 3 is 2.47 bits per heavy atom. The summed E-state index contributed by atoms with van der Waals surface area (Å²) in [6, 6.07) is 4.13. The average molecular weight is 410 g/mol. The van der Waals surface area contributed by atoms with Gasteiger partial charge in [0.05, 0.1) is 5.57 Å². The van der Waals surface area contributed by atoms with Gasteiger partial charge in [-0.25, -0.2) is 9.98 Å². The van der Waals surface area contributed by atoms with Crippen molar-refractivity contribution in [1.82, 2.24) is 14.8 Å². The van der Waals surface area contributed by atoms with Crippen LogP contribution >= 0.6 is 0 Å². The highest BCUT2D eigenvalue weighted by Crippen LogP contribution is 2.18. The van der Waals surface area contributed by atoms with Crippen molar-refractivity contribution in [3.05, 3.63) is 47.6 Å². The molecule has 1 aromatic rings. The Labute approximate surface area is 178 Å². The molecule has 2 aliphatic heterocycles. The number of hydrogen-bond acceptors (Lipinski definition) is 7. The van der Waals surface area contributed by atoms with Crippen LogP contribution in [0.15, 0.2) is 47.0 Å². The summed E-state index contributed by atoms with van der Waals surface area (Å²) in [6.07, 6.45) is 3.82. The largest absolute Gasteiger partial charge is 0.401 e. The van der Waals surface area contributed by atoms with Gasteiger partial charge in [0, 0.05) is 62.9 Å². The van der Waals surface area contributed by atoms with Gasteiger partial charge in [-0.2, -0.15) is 0 Å². The summed E-state index contributed by atoms with van der Waals surface area (Å²) in [5, 5.41) is 0. The highest BCUT2D eigenvalue weighted by Gasteiger charge is 2.27. The van der Waals surface area contributed by atoms with Gasteiger partial charge in [-0.05, 0) is 31.9 Å². The number of pyridine rings is 1. The normalized spacial score (nSPS) is 19.6. The van der Waals surface area contributed by atoms with E-state index in [1.54, 1.807) is 12.3 Å². The monoisotopic (exact) mass is 409 g/mol. The lowest BCUT2D eigenvalue weighted by Crippen LogP contribution is -2.53. The fourth-order valence-corrected chi connectivity index (χ4v) is 3.71. The van der Waals surface area contributed by atoms with Gasteiger partial charge in [-0.15, -0.1) is 0 Å². The number of aromatic nitrogens is 1. The first-order chi connectivity index (χ1) is 14.4. The molecule has 0 spiro atoms. The molecule has 0 amide bonds. The molecular formula is C22H31N7O. The first-order valence-corrected chi connectivity index (χ1v) is 10.2. The lowest BCUT2D eigenvalue weighted by molar-refractivity contribution is 0.0218. The molecule has 0 aliphatic carbocycles. The minimum Gasteiger partial charge on any atom is -0.401 e. The molecule has 3 heterocycles. The molecule has 0 saturated carbocycles. The van der Waals surface area contributed by atoms with Crippen molar-refractivity contribution in [1.29, 1.82) is 0 Å². The second-order valence-corrected chi connectivity index (χ2v) is 7.57. The number of ether oxygens (including phenoxy) is 1. The van der Waals surface area contributed by atoms with Crippen LogP contribution in [-0.2, 0) is 4.74 Å². The van der Waals surface area contributed by atoms with E-state index >= 15 is 0 Å². The van der Waals surface area contributed by atoms with Crippen LogP contribution in [0.4, 0.5) is 5.82 Å². The summed E-state index contributed by atoms with van der Waals surface area (Å²) >= 11 is 0. The van der Waals surface area contributed by atoms with E-state index in [0.29, 0.717) is 29.0 Å². The van der Waals surface area contributed by atoms with E-state index < -0.39 is 0 Å². The Bertz CT molecular complexity index is 861. The molecule has 0 atom stereocenters. The average Bonchev–Trinajstić information content (AvgIpc) is 2.74. The maximum Gasteiger partial charge on any atom is 0.148 e. The molecule has 0 unspecified atom stereocenters. The van der Waals surface area contributed by atoms with E-state index in [0.717, 1.165) is 57.8 Å². The fourth-order valence-electron chi connectivity index (χ4n) is 3.71. The predicted octanol–water partition coefficient (Wildman–Crippen LogP) is 0.873. The van der Waals surface area contributed by atoms with Crippen LogP contribution in [0.2, 0.25) is 0 Å². The second kappa shape index (κ2) is 10.1. The zero-order chi connectivity index (χ0) is 21.5. The first kappa shape index (κ1) is 21.7. The molecule has 1 aromatic heterocycles. The predicted molar refractivity (Wildman–Crippen MR) is 120 cm³/mol. The molecule has 0 bridgehead atoms. The lowest BCUT2D eigenvalue weighted by atomic mass is 10.1. The highest BCUT2D eigenvalue weighted by atomic mass is 16.5. The third-order valence-corrected chi connectivity index (χ3v) is 5.31. The highest BCUT2D eigenvalue weighted by molar-refractivity contribution is 6.03. The summed E-state index contributed by atoms with van der Waals surface area (Å²) in [7, 11) is 0. The quantitative estimate of drug-likeness (QED) is 0.385. The standard InChI is InChI=1S/C22H31N7O/c1-16(23)20(5-3-18-4-6-21(25)26-15-18)22(27-17(2)24)29-11-9-28(10-12-29)19-7-13-30-14-8-19/h4,6,15,19H,2,7-14,23-24H2,1H3,(H2,25,26)/b20-16-,27-22+. The van der Waals surface area contributed by atoms with E-state index in [-0.39, 0.29) is 5.82 Å². The van der Waals surface area contributed by atoms with Crippen LogP contribution in [0.5, 0.6) is 0 Å². The number of aliphatic imine (C=N–C) groups is 1. The zero-order valence-corrected chi connectivity index (χ0v) is 17.6. The van der Waals surface area contributed by atoms with Gasteiger partial charge < -0.3 is 26.8 Å². The number of allylic oxidation sites excluding steroid dienone is 1. The molecule has 2 saturated heterocycles. The SMILES string of the molecule is C=C(N)/N=C(\C(C#Cc1ccc(N)nc1)=C(\C)N)N1CCN(C2CCOCC2)CC1. The zero-order valence-electron chi connectivity index (χ0n) is 17.6. The van der Waals surface area contributed by atoms with Crippen LogP contribution in [0.3, 0.4) is 0 Å². The summed E-state index contributed by atoms with van der Waals surface area (Å²) in [6.45, 7) is 10.8. The molecule has 6 N–H and O–H groups in total. The molecule has 3 rings (SSSR count).